The summed E-state index contributed by atoms with van der Waals surface area (Å²) in [7, 11) is 0. The van der Waals surface area contributed by atoms with Gasteiger partial charge in [-0.05, 0) is 57.7 Å². The van der Waals surface area contributed by atoms with Crippen molar-refractivity contribution in [2.24, 2.45) is 0 Å². The number of phenols is 1. The summed E-state index contributed by atoms with van der Waals surface area (Å²) in [5, 5.41) is 10.5. The Morgan fingerprint density at radius 2 is 1.30 bits per heavy atom. The summed E-state index contributed by atoms with van der Waals surface area (Å²) in [5.74, 6) is 0.361. The van der Waals surface area contributed by atoms with Gasteiger partial charge in [-0.1, -0.05) is 51.7 Å². The van der Waals surface area contributed by atoms with E-state index in [1.165, 1.54) is 25.7 Å². The lowest BCUT2D eigenvalue weighted by atomic mass is 9.88. The highest BCUT2D eigenvalue weighted by atomic mass is 16.5. The van der Waals surface area contributed by atoms with Crippen molar-refractivity contribution >= 4 is 0 Å². The summed E-state index contributed by atoms with van der Waals surface area (Å²) in [6.45, 7) is 14.5. The zero-order valence-corrected chi connectivity index (χ0v) is 18.6. The first kappa shape index (κ1) is 24.0. The van der Waals surface area contributed by atoms with Gasteiger partial charge in [0, 0.05) is 26.1 Å². The highest BCUT2D eigenvalue weighted by Crippen LogP contribution is 2.30. The molecular formula is C24H42O3. The van der Waals surface area contributed by atoms with Gasteiger partial charge < -0.3 is 14.6 Å². The van der Waals surface area contributed by atoms with E-state index in [0.29, 0.717) is 12.2 Å². The van der Waals surface area contributed by atoms with Crippen molar-refractivity contribution in [2.75, 3.05) is 13.2 Å². The Morgan fingerprint density at radius 1 is 0.778 bits per heavy atom. The Labute approximate surface area is 167 Å². The Hall–Kier alpha value is -1.06. The number of ether oxygens (including phenoxy) is 2. The van der Waals surface area contributed by atoms with Crippen LogP contribution in [0.2, 0.25) is 0 Å². The summed E-state index contributed by atoms with van der Waals surface area (Å²) in [6.07, 6.45) is 8.48. The lowest BCUT2D eigenvalue weighted by Gasteiger charge is -2.30. The van der Waals surface area contributed by atoms with Gasteiger partial charge in [-0.25, -0.2) is 0 Å². The monoisotopic (exact) mass is 378 g/mol. The third-order valence-electron chi connectivity index (χ3n) is 4.95. The van der Waals surface area contributed by atoms with E-state index in [1.54, 1.807) is 6.07 Å². The molecule has 0 saturated heterocycles. The van der Waals surface area contributed by atoms with Gasteiger partial charge in [0.2, 0.25) is 0 Å². The minimum Gasteiger partial charge on any atom is -0.508 e. The van der Waals surface area contributed by atoms with Crippen molar-refractivity contribution in [1.29, 1.82) is 0 Å². The fourth-order valence-electron chi connectivity index (χ4n) is 3.38. The molecule has 27 heavy (non-hydrogen) atoms. The molecular weight excluding hydrogens is 336 g/mol. The molecule has 1 aromatic carbocycles. The summed E-state index contributed by atoms with van der Waals surface area (Å²) in [6, 6.07) is 5.82. The van der Waals surface area contributed by atoms with Gasteiger partial charge in [0.15, 0.2) is 0 Å². The van der Waals surface area contributed by atoms with E-state index in [2.05, 4.69) is 47.6 Å². The number of phenolic OH excluding ortho intramolecular Hbond substituents is 1. The molecule has 0 heterocycles. The van der Waals surface area contributed by atoms with Crippen LogP contribution < -0.4 is 0 Å². The molecule has 1 aromatic rings. The molecule has 0 unspecified atom stereocenters. The molecule has 0 fully saturated rings. The van der Waals surface area contributed by atoms with Crippen LogP contribution in [0.15, 0.2) is 18.2 Å². The second-order valence-corrected chi connectivity index (χ2v) is 8.90. The topological polar surface area (TPSA) is 38.7 Å². The minimum absolute atomic E-state index is 0.248. The smallest absolute Gasteiger partial charge is 0.119 e. The zero-order chi connectivity index (χ0) is 20.3. The molecule has 3 heteroatoms. The molecule has 0 spiro atoms. The maximum Gasteiger partial charge on any atom is 0.119 e. The van der Waals surface area contributed by atoms with E-state index < -0.39 is 0 Å². The molecule has 3 nitrogen and oxygen atoms in total. The Bertz CT molecular complexity index is 534. The van der Waals surface area contributed by atoms with Gasteiger partial charge in [-0.15, -0.1) is 0 Å². The van der Waals surface area contributed by atoms with Gasteiger partial charge in [0.25, 0.3) is 0 Å². The van der Waals surface area contributed by atoms with Crippen molar-refractivity contribution in [3.05, 3.63) is 29.3 Å². The first-order chi connectivity index (χ1) is 12.7. The average Bonchev–Trinajstić information content (AvgIpc) is 2.59. The first-order valence-corrected chi connectivity index (χ1v) is 10.8. The number of aromatic hydroxyl groups is 1. The molecule has 1 rings (SSSR count). The minimum atomic E-state index is -0.298. The molecule has 0 aliphatic rings. The molecule has 0 amide bonds. The van der Waals surface area contributed by atoms with Gasteiger partial charge in [0.1, 0.15) is 5.75 Å². The Balaban J connectivity index is 2.78. The third-order valence-corrected chi connectivity index (χ3v) is 4.95. The van der Waals surface area contributed by atoms with Gasteiger partial charge in [-0.2, -0.15) is 0 Å². The van der Waals surface area contributed by atoms with E-state index in [1.807, 2.05) is 6.07 Å². The quantitative estimate of drug-likeness (QED) is 0.378. The lowest BCUT2D eigenvalue weighted by Crippen LogP contribution is -2.31. The Kier molecular flexibility index (Phi) is 10.4. The molecule has 0 bridgehead atoms. The SMILES string of the molecule is CCCCCOC(C)(C)Cc1cccc(O)c1CC(C)(C)OCCCCC. The van der Waals surface area contributed by atoms with Crippen LogP contribution in [0.1, 0.15) is 91.2 Å². The van der Waals surface area contributed by atoms with Gasteiger partial charge >= 0.3 is 0 Å². The fourth-order valence-corrected chi connectivity index (χ4v) is 3.38. The molecule has 0 radical (unpaired) electrons. The maximum atomic E-state index is 10.5. The first-order valence-electron chi connectivity index (χ1n) is 10.8. The number of unbranched alkanes of at least 4 members (excludes halogenated alkanes) is 4. The summed E-state index contributed by atoms with van der Waals surface area (Å²) in [5.41, 5.74) is 1.60. The number of hydrogen-bond acceptors (Lipinski definition) is 3. The summed E-state index contributed by atoms with van der Waals surface area (Å²) in [4.78, 5) is 0. The van der Waals surface area contributed by atoms with E-state index in [9.17, 15) is 5.11 Å². The van der Waals surface area contributed by atoms with E-state index in [0.717, 1.165) is 43.6 Å². The second kappa shape index (κ2) is 11.7. The summed E-state index contributed by atoms with van der Waals surface area (Å²) < 4.78 is 12.3. The zero-order valence-electron chi connectivity index (χ0n) is 18.6. The highest BCUT2D eigenvalue weighted by molar-refractivity contribution is 5.41. The van der Waals surface area contributed by atoms with Gasteiger partial charge in [-0.3, -0.25) is 0 Å². The number of benzene rings is 1. The summed E-state index contributed by atoms with van der Waals surface area (Å²) >= 11 is 0. The van der Waals surface area contributed by atoms with Crippen molar-refractivity contribution in [2.45, 2.75) is 104 Å². The molecule has 1 N–H and O–H groups in total. The largest absolute Gasteiger partial charge is 0.508 e. The van der Waals surface area contributed by atoms with Crippen LogP contribution in [0.5, 0.6) is 5.75 Å². The second-order valence-electron chi connectivity index (χ2n) is 8.90. The normalized spacial score (nSPS) is 12.5. The Morgan fingerprint density at radius 3 is 1.81 bits per heavy atom. The predicted molar refractivity (Wildman–Crippen MR) is 115 cm³/mol. The van der Waals surface area contributed by atoms with Crippen LogP contribution in [0, 0.1) is 0 Å². The molecule has 0 aromatic heterocycles. The van der Waals surface area contributed by atoms with Gasteiger partial charge in [0.05, 0.1) is 11.2 Å². The average molecular weight is 379 g/mol. The third kappa shape index (κ3) is 9.62. The molecule has 0 atom stereocenters. The van der Waals surface area contributed by atoms with Crippen LogP contribution in [0.3, 0.4) is 0 Å². The molecule has 0 aliphatic heterocycles. The fraction of sp³-hybridized carbons (Fsp3) is 0.750. The van der Waals surface area contributed by atoms with Crippen molar-refractivity contribution in [1.82, 2.24) is 0 Å². The molecule has 156 valence electrons. The van der Waals surface area contributed by atoms with E-state index in [4.69, 9.17) is 9.47 Å². The number of rotatable bonds is 14. The van der Waals surface area contributed by atoms with Crippen LogP contribution in [0.25, 0.3) is 0 Å². The van der Waals surface area contributed by atoms with Crippen LogP contribution >= 0.6 is 0 Å². The van der Waals surface area contributed by atoms with Crippen molar-refractivity contribution < 1.29 is 14.6 Å². The molecule has 0 aliphatic carbocycles. The van der Waals surface area contributed by atoms with Crippen LogP contribution in [-0.2, 0) is 22.3 Å². The maximum absolute atomic E-state index is 10.5. The predicted octanol–water partition coefficient (Wildman–Crippen LogP) is 6.45. The van der Waals surface area contributed by atoms with Crippen LogP contribution in [-0.4, -0.2) is 29.5 Å². The van der Waals surface area contributed by atoms with Crippen LogP contribution in [0.4, 0.5) is 0 Å². The number of hydrogen-bond donors (Lipinski definition) is 1. The van der Waals surface area contributed by atoms with Crippen molar-refractivity contribution in [3.8, 4) is 5.75 Å². The molecule has 0 saturated carbocycles. The highest BCUT2D eigenvalue weighted by Gasteiger charge is 2.26. The standard InChI is InChI=1S/C24H42O3/c1-7-9-11-16-26-23(3,4)18-20-14-13-15-22(25)21(20)19-24(5,6)27-17-12-10-8-2/h13-15,25H,7-12,16-19H2,1-6H3. The lowest BCUT2D eigenvalue weighted by molar-refractivity contribution is -0.0230. The van der Waals surface area contributed by atoms with E-state index >= 15 is 0 Å². The van der Waals surface area contributed by atoms with Crippen molar-refractivity contribution in [3.63, 3.8) is 0 Å². The van der Waals surface area contributed by atoms with E-state index in [-0.39, 0.29) is 11.2 Å².